The number of nitrogens with zero attached hydrogens (tertiary/aromatic N) is 1. The zero-order valence-electron chi connectivity index (χ0n) is 9.14. The molecule has 1 amide bonds. The number of hydrogen-bond donors (Lipinski definition) is 1. The van der Waals surface area contributed by atoms with Crippen LogP contribution in [0, 0.1) is 5.82 Å². The minimum atomic E-state index is -3.74. The van der Waals surface area contributed by atoms with Gasteiger partial charge in [0, 0.05) is 18.7 Å². The average molecular weight is 337 g/mol. The monoisotopic (exact) mass is 336 g/mol. The van der Waals surface area contributed by atoms with Crippen molar-refractivity contribution in [3.05, 3.63) is 28.5 Å². The normalized spacial score (nSPS) is 20.5. The largest absolute Gasteiger partial charge is 0.311 e. The van der Waals surface area contributed by atoms with Crippen molar-refractivity contribution < 1.29 is 17.6 Å². The fourth-order valence-corrected chi connectivity index (χ4v) is 2.90. The summed E-state index contributed by atoms with van der Waals surface area (Å²) in [7, 11) is -3.74. The minimum absolute atomic E-state index is 0.00423. The van der Waals surface area contributed by atoms with Crippen LogP contribution in [0.25, 0.3) is 0 Å². The van der Waals surface area contributed by atoms with Crippen molar-refractivity contribution >= 4 is 37.5 Å². The Labute approximate surface area is 112 Å². The molecule has 18 heavy (non-hydrogen) atoms. The van der Waals surface area contributed by atoms with E-state index in [1.807, 2.05) is 0 Å². The third kappa shape index (κ3) is 2.55. The lowest BCUT2D eigenvalue weighted by Gasteiger charge is -2.16. The van der Waals surface area contributed by atoms with E-state index in [1.165, 1.54) is 23.1 Å². The van der Waals surface area contributed by atoms with E-state index < -0.39 is 21.1 Å². The Morgan fingerprint density at radius 1 is 1.44 bits per heavy atom. The number of anilines is 1. The Morgan fingerprint density at radius 2 is 2.11 bits per heavy atom. The maximum atomic E-state index is 13.1. The SMILES string of the molecule is NS(=O)(=O)C1CC(=O)N(c2ccc(F)c(Br)c2)C1. The van der Waals surface area contributed by atoms with Crippen molar-refractivity contribution in [1.29, 1.82) is 0 Å². The van der Waals surface area contributed by atoms with E-state index in [-0.39, 0.29) is 23.3 Å². The highest BCUT2D eigenvalue weighted by Gasteiger charge is 2.37. The lowest BCUT2D eigenvalue weighted by Crippen LogP contribution is -2.32. The number of carbonyl (C=O) groups is 1. The summed E-state index contributed by atoms with van der Waals surface area (Å²) in [4.78, 5) is 13.0. The minimum Gasteiger partial charge on any atom is -0.311 e. The first-order valence-electron chi connectivity index (χ1n) is 5.06. The molecule has 0 radical (unpaired) electrons. The van der Waals surface area contributed by atoms with Gasteiger partial charge in [-0.3, -0.25) is 4.79 Å². The second-order valence-corrected chi connectivity index (χ2v) is 6.72. The zero-order valence-corrected chi connectivity index (χ0v) is 11.5. The van der Waals surface area contributed by atoms with Gasteiger partial charge in [-0.25, -0.2) is 17.9 Å². The molecule has 1 aliphatic rings. The van der Waals surface area contributed by atoms with Gasteiger partial charge in [0.25, 0.3) is 0 Å². The molecule has 1 saturated heterocycles. The fraction of sp³-hybridized carbons (Fsp3) is 0.300. The van der Waals surface area contributed by atoms with Gasteiger partial charge in [-0.15, -0.1) is 0 Å². The van der Waals surface area contributed by atoms with Gasteiger partial charge in [0.15, 0.2) is 0 Å². The van der Waals surface area contributed by atoms with Gasteiger partial charge >= 0.3 is 0 Å². The van der Waals surface area contributed by atoms with Crippen molar-refractivity contribution in [2.24, 2.45) is 5.14 Å². The molecule has 8 heteroatoms. The van der Waals surface area contributed by atoms with Crippen molar-refractivity contribution in [2.45, 2.75) is 11.7 Å². The van der Waals surface area contributed by atoms with Crippen LogP contribution in [0.5, 0.6) is 0 Å². The second kappa shape index (κ2) is 4.60. The van der Waals surface area contributed by atoms with E-state index >= 15 is 0 Å². The molecule has 0 bridgehead atoms. The Kier molecular flexibility index (Phi) is 3.43. The molecule has 0 aromatic heterocycles. The molecule has 98 valence electrons. The molecular weight excluding hydrogens is 327 g/mol. The van der Waals surface area contributed by atoms with E-state index in [0.717, 1.165) is 0 Å². The summed E-state index contributed by atoms with van der Waals surface area (Å²) < 4.78 is 35.7. The number of amides is 1. The van der Waals surface area contributed by atoms with Gasteiger partial charge in [-0.05, 0) is 34.1 Å². The predicted molar refractivity (Wildman–Crippen MR) is 68.0 cm³/mol. The standard InChI is InChI=1S/C10H10BrFN2O3S/c11-8-3-6(1-2-9(8)12)14-5-7(4-10(14)15)18(13,16)17/h1-3,7H,4-5H2,(H2,13,16,17). The van der Waals surface area contributed by atoms with Crippen LogP contribution in [0.3, 0.4) is 0 Å². The highest BCUT2D eigenvalue weighted by molar-refractivity contribution is 9.10. The summed E-state index contributed by atoms with van der Waals surface area (Å²) in [6.45, 7) is -0.00423. The van der Waals surface area contributed by atoms with Crippen molar-refractivity contribution in [3.8, 4) is 0 Å². The van der Waals surface area contributed by atoms with Crippen LogP contribution >= 0.6 is 15.9 Å². The van der Waals surface area contributed by atoms with Gasteiger partial charge < -0.3 is 4.90 Å². The van der Waals surface area contributed by atoms with Crippen molar-refractivity contribution in [1.82, 2.24) is 0 Å². The first-order chi connectivity index (χ1) is 8.29. The third-order valence-electron chi connectivity index (χ3n) is 2.77. The molecule has 1 aromatic rings. The second-order valence-electron chi connectivity index (χ2n) is 4.02. The molecule has 1 aromatic carbocycles. The lowest BCUT2D eigenvalue weighted by atomic mass is 10.3. The summed E-state index contributed by atoms with van der Waals surface area (Å²) in [6.07, 6.45) is -0.145. The van der Waals surface area contributed by atoms with Crippen LogP contribution in [0.4, 0.5) is 10.1 Å². The lowest BCUT2D eigenvalue weighted by molar-refractivity contribution is -0.117. The number of carbonyl (C=O) groups excluding carboxylic acids is 1. The van der Waals surface area contributed by atoms with Crippen LogP contribution in [0.15, 0.2) is 22.7 Å². The molecule has 1 unspecified atom stereocenters. The van der Waals surface area contributed by atoms with E-state index in [2.05, 4.69) is 15.9 Å². The van der Waals surface area contributed by atoms with Gasteiger partial charge in [0.05, 0.1) is 4.47 Å². The third-order valence-corrected chi connectivity index (χ3v) is 4.62. The quantitative estimate of drug-likeness (QED) is 0.874. The van der Waals surface area contributed by atoms with E-state index in [1.54, 1.807) is 0 Å². The summed E-state index contributed by atoms with van der Waals surface area (Å²) in [6, 6.07) is 4.05. The first-order valence-corrected chi connectivity index (χ1v) is 7.46. The topological polar surface area (TPSA) is 80.5 Å². The molecule has 0 aliphatic carbocycles. The number of benzene rings is 1. The highest BCUT2D eigenvalue weighted by atomic mass is 79.9. The van der Waals surface area contributed by atoms with E-state index in [9.17, 15) is 17.6 Å². The Morgan fingerprint density at radius 3 is 2.61 bits per heavy atom. The van der Waals surface area contributed by atoms with Crippen LogP contribution in [-0.2, 0) is 14.8 Å². The molecule has 0 saturated carbocycles. The zero-order chi connectivity index (χ0) is 13.5. The summed E-state index contributed by atoms with van der Waals surface area (Å²) >= 11 is 3.01. The van der Waals surface area contributed by atoms with Crippen molar-refractivity contribution in [3.63, 3.8) is 0 Å². The fourth-order valence-electron chi connectivity index (χ4n) is 1.80. The average Bonchev–Trinajstić information content (AvgIpc) is 2.64. The van der Waals surface area contributed by atoms with Gasteiger partial charge in [-0.1, -0.05) is 0 Å². The Hall–Kier alpha value is -0.990. The Balaban J connectivity index is 2.30. The smallest absolute Gasteiger partial charge is 0.228 e. The number of hydrogen-bond acceptors (Lipinski definition) is 3. The molecule has 1 fully saturated rings. The van der Waals surface area contributed by atoms with Gasteiger partial charge in [0.2, 0.25) is 15.9 Å². The molecule has 2 rings (SSSR count). The summed E-state index contributed by atoms with van der Waals surface area (Å²) in [5.41, 5.74) is 0.444. The maximum absolute atomic E-state index is 13.1. The summed E-state index contributed by atoms with van der Waals surface area (Å²) in [5, 5.41) is 4.11. The molecule has 2 N–H and O–H groups in total. The van der Waals surface area contributed by atoms with E-state index in [0.29, 0.717) is 5.69 Å². The highest BCUT2D eigenvalue weighted by Crippen LogP contribution is 2.27. The van der Waals surface area contributed by atoms with Crippen LogP contribution in [-0.4, -0.2) is 26.1 Å². The number of sulfonamides is 1. The Bertz CT molecular complexity index is 605. The number of nitrogens with two attached hydrogens (primary N) is 1. The van der Waals surface area contributed by atoms with Crippen LogP contribution < -0.4 is 10.0 Å². The first kappa shape index (κ1) is 13.4. The van der Waals surface area contributed by atoms with E-state index in [4.69, 9.17) is 5.14 Å². The number of primary sulfonamides is 1. The van der Waals surface area contributed by atoms with Gasteiger partial charge in [0.1, 0.15) is 11.1 Å². The molecule has 5 nitrogen and oxygen atoms in total. The molecule has 1 atom stereocenters. The number of rotatable bonds is 2. The van der Waals surface area contributed by atoms with Crippen LogP contribution in [0.1, 0.15) is 6.42 Å². The predicted octanol–water partition coefficient (Wildman–Crippen LogP) is 0.982. The van der Waals surface area contributed by atoms with Crippen LogP contribution in [0.2, 0.25) is 0 Å². The van der Waals surface area contributed by atoms with Crippen molar-refractivity contribution in [2.75, 3.05) is 11.4 Å². The van der Waals surface area contributed by atoms with Gasteiger partial charge in [-0.2, -0.15) is 0 Å². The molecular formula is C10H10BrFN2O3S. The molecule has 0 spiro atoms. The summed E-state index contributed by atoms with van der Waals surface area (Å²) in [5.74, 6) is -0.791. The molecule has 1 aliphatic heterocycles. The maximum Gasteiger partial charge on any atom is 0.228 e. The number of halogens is 2. The molecule has 1 heterocycles.